The molecule has 0 spiro atoms. The van der Waals surface area contributed by atoms with Crippen molar-refractivity contribution in [3.63, 3.8) is 0 Å². The average Bonchev–Trinajstić information content (AvgIpc) is 2.45. The molecule has 0 saturated carbocycles. The van der Waals surface area contributed by atoms with E-state index in [4.69, 9.17) is 14.2 Å². The van der Waals surface area contributed by atoms with Gasteiger partial charge in [0.05, 0.1) is 14.2 Å². The van der Waals surface area contributed by atoms with E-state index in [0.29, 0.717) is 23.9 Å². The summed E-state index contributed by atoms with van der Waals surface area (Å²) in [5, 5.41) is 0. The van der Waals surface area contributed by atoms with Crippen LogP contribution in [0.2, 0.25) is 0 Å². The SMILES string of the molecule is COc1c[c]c(OCc2ccccc2)cc1OC. The summed E-state index contributed by atoms with van der Waals surface area (Å²) >= 11 is 0. The van der Waals surface area contributed by atoms with Crippen molar-refractivity contribution in [1.29, 1.82) is 0 Å². The van der Waals surface area contributed by atoms with Gasteiger partial charge in [-0.25, -0.2) is 0 Å². The molecule has 0 N–H and O–H groups in total. The van der Waals surface area contributed by atoms with Gasteiger partial charge >= 0.3 is 0 Å². The van der Waals surface area contributed by atoms with Crippen LogP contribution in [0.1, 0.15) is 5.56 Å². The van der Waals surface area contributed by atoms with Gasteiger partial charge < -0.3 is 14.2 Å². The molecule has 2 aromatic carbocycles. The second-order valence-corrected chi connectivity index (χ2v) is 3.71. The quantitative estimate of drug-likeness (QED) is 0.807. The van der Waals surface area contributed by atoms with Gasteiger partial charge in [0.25, 0.3) is 0 Å². The van der Waals surface area contributed by atoms with Gasteiger partial charge in [0.2, 0.25) is 0 Å². The first-order chi connectivity index (χ1) is 8.83. The zero-order valence-corrected chi connectivity index (χ0v) is 10.5. The highest BCUT2D eigenvalue weighted by Gasteiger charge is 2.05. The summed E-state index contributed by atoms with van der Waals surface area (Å²) in [4.78, 5) is 0. The highest BCUT2D eigenvalue weighted by atomic mass is 16.5. The molecule has 2 aromatic rings. The fraction of sp³-hybridized carbons (Fsp3) is 0.200. The number of benzene rings is 2. The summed E-state index contributed by atoms with van der Waals surface area (Å²) in [6, 6.07) is 16.5. The fourth-order valence-corrected chi connectivity index (χ4v) is 1.58. The Labute approximate surface area is 107 Å². The maximum Gasteiger partial charge on any atom is 0.164 e. The largest absolute Gasteiger partial charge is 0.493 e. The van der Waals surface area contributed by atoms with Crippen molar-refractivity contribution in [3.8, 4) is 17.2 Å². The third kappa shape index (κ3) is 2.94. The Hall–Kier alpha value is -2.16. The summed E-state index contributed by atoms with van der Waals surface area (Å²) in [5.74, 6) is 1.92. The van der Waals surface area contributed by atoms with Crippen LogP contribution in [-0.4, -0.2) is 14.2 Å². The molecule has 0 aliphatic rings. The van der Waals surface area contributed by atoms with Crippen LogP contribution in [0.5, 0.6) is 17.2 Å². The van der Waals surface area contributed by atoms with E-state index in [1.807, 2.05) is 30.3 Å². The topological polar surface area (TPSA) is 27.7 Å². The highest BCUT2D eigenvalue weighted by Crippen LogP contribution is 2.30. The summed E-state index contributed by atoms with van der Waals surface area (Å²) in [6.45, 7) is 0.507. The predicted molar refractivity (Wildman–Crippen MR) is 69.2 cm³/mol. The molecule has 1 radical (unpaired) electrons. The zero-order valence-electron chi connectivity index (χ0n) is 10.5. The lowest BCUT2D eigenvalue weighted by Crippen LogP contribution is -1.96. The first-order valence-corrected chi connectivity index (χ1v) is 5.64. The number of hydrogen-bond donors (Lipinski definition) is 0. The molecule has 3 nitrogen and oxygen atoms in total. The van der Waals surface area contributed by atoms with E-state index in [9.17, 15) is 0 Å². The smallest absolute Gasteiger partial charge is 0.164 e. The molecule has 0 aromatic heterocycles. The lowest BCUT2D eigenvalue weighted by atomic mass is 10.2. The van der Waals surface area contributed by atoms with Gasteiger partial charge in [-0.2, -0.15) is 0 Å². The molecule has 3 heteroatoms. The van der Waals surface area contributed by atoms with E-state index < -0.39 is 0 Å². The van der Waals surface area contributed by atoms with Gasteiger partial charge in [-0.05, 0) is 11.6 Å². The Balaban J connectivity index is 2.06. The first-order valence-electron chi connectivity index (χ1n) is 5.64. The average molecular weight is 243 g/mol. The summed E-state index contributed by atoms with van der Waals surface area (Å²) < 4.78 is 16.0. The number of rotatable bonds is 5. The summed E-state index contributed by atoms with van der Waals surface area (Å²) in [6.07, 6.45) is 0. The molecule has 0 fully saturated rings. The monoisotopic (exact) mass is 243 g/mol. The van der Waals surface area contributed by atoms with Crippen LogP contribution in [0.25, 0.3) is 0 Å². The Morgan fingerprint density at radius 2 is 1.72 bits per heavy atom. The van der Waals surface area contributed by atoms with E-state index in [-0.39, 0.29) is 0 Å². The lowest BCUT2D eigenvalue weighted by Gasteiger charge is -2.10. The second kappa shape index (κ2) is 5.96. The molecule has 0 aliphatic carbocycles. The van der Waals surface area contributed by atoms with Gasteiger partial charge in [0.15, 0.2) is 11.5 Å². The summed E-state index contributed by atoms with van der Waals surface area (Å²) in [5.41, 5.74) is 1.11. The minimum Gasteiger partial charge on any atom is -0.493 e. The Bertz CT molecular complexity index is 494. The molecule has 0 unspecified atom stereocenters. The molecule has 0 aliphatic heterocycles. The first kappa shape index (κ1) is 12.3. The molecule has 0 bridgehead atoms. The fourth-order valence-electron chi connectivity index (χ4n) is 1.58. The van der Waals surface area contributed by atoms with Crippen LogP contribution in [0.3, 0.4) is 0 Å². The standard InChI is InChI=1S/C15H15O3/c1-16-14-9-8-13(10-15(14)17-2)18-11-12-6-4-3-5-7-12/h3-7,9-10H,11H2,1-2H3. The predicted octanol–water partition coefficient (Wildman–Crippen LogP) is 3.08. The molecular weight excluding hydrogens is 228 g/mol. The molecule has 0 heterocycles. The number of hydrogen-bond acceptors (Lipinski definition) is 3. The van der Waals surface area contributed by atoms with Gasteiger partial charge in [-0.1, -0.05) is 30.3 Å². The van der Waals surface area contributed by atoms with Crippen LogP contribution in [0.15, 0.2) is 42.5 Å². The molecule has 0 atom stereocenters. The van der Waals surface area contributed by atoms with Crippen LogP contribution < -0.4 is 14.2 Å². The molecule has 18 heavy (non-hydrogen) atoms. The third-order valence-corrected chi connectivity index (χ3v) is 2.53. The van der Waals surface area contributed by atoms with Crippen LogP contribution in [0, 0.1) is 6.07 Å². The normalized spacial score (nSPS) is 9.89. The van der Waals surface area contributed by atoms with Crippen molar-refractivity contribution < 1.29 is 14.2 Å². The van der Waals surface area contributed by atoms with E-state index in [1.165, 1.54) is 0 Å². The number of methoxy groups -OCH3 is 2. The van der Waals surface area contributed by atoms with Crippen molar-refractivity contribution in [3.05, 3.63) is 54.1 Å². The van der Waals surface area contributed by atoms with Crippen molar-refractivity contribution >= 4 is 0 Å². The molecule has 93 valence electrons. The van der Waals surface area contributed by atoms with E-state index in [0.717, 1.165) is 5.56 Å². The van der Waals surface area contributed by atoms with Crippen LogP contribution in [-0.2, 0) is 6.61 Å². The molecule has 2 rings (SSSR count). The Morgan fingerprint density at radius 3 is 2.39 bits per heavy atom. The minimum absolute atomic E-state index is 0.507. The second-order valence-electron chi connectivity index (χ2n) is 3.71. The van der Waals surface area contributed by atoms with Gasteiger partial charge in [-0.3, -0.25) is 0 Å². The number of ether oxygens (including phenoxy) is 3. The Kier molecular flexibility index (Phi) is 4.07. The minimum atomic E-state index is 0.507. The van der Waals surface area contributed by atoms with Gasteiger partial charge in [-0.15, -0.1) is 0 Å². The van der Waals surface area contributed by atoms with Crippen LogP contribution >= 0.6 is 0 Å². The van der Waals surface area contributed by atoms with Crippen molar-refractivity contribution in [2.75, 3.05) is 14.2 Å². The maximum absolute atomic E-state index is 5.64. The summed E-state index contributed by atoms with van der Waals surface area (Å²) in [7, 11) is 3.19. The molecular formula is C15H15O3. The van der Waals surface area contributed by atoms with Crippen LogP contribution in [0.4, 0.5) is 0 Å². The van der Waals surface area contributed by atoms with Gasteiger partial charge in [0.1, 0.15) is 12.4 Å². The van der Waals surface area contributed by atoms with E-state index in [1.54, 1.807) is 26.4 Å². The Morgan fingerprint density at radius 1 is 1.00 bits per heavy atom. The van der Waals surface area contributed by atoms with Crippen molar-refractivity contribution in [2.24, 2.45) is 0 Å². The molecule has 0 saturated heterocycles. The third-order valence-electron chi connectivity index (χ3n) is 2.53. The van der Waals surface area contributed by atoms with Crippen molar-refractivity contribution in [1.82, 2.24) is 0 Å². The van der Waals surface area contributed by atoms with E-state index in [2.05, 4.69) is 6.07 Å². The highest BCUT2D eigenvalue weighted by molar-refractivity contribution is 5.44. The van der Waals surface area contributed by atoms with Gasteiger partial charge in [0, 0.05) is 12.1 Å². The molecule has 0 amide bonds. The van der Waals surface area contributed by atoms with Crippen molar-refractivity contribution in [2.45, 2.75) is 6.61 Å². The maximum atomic E-state index is 5.64. The lowest BCUT2D eigenvalue weighted by molar-refractivity contribution is 0.299. The van der Waals surface area contributed by atoms with E-state index >= 15 is 0 Å². The zero-order chi connectivity index (χ0) is 12.8.